The molecule has 0 saturated carbocycles. The van der Waals surface area contributed by atoms with Crippen molar-refractivity contribution >= 4 is 11.7 Å². The van der Waals surface area contributed by atoms with Crippen molar-refractivity contribution in [1.82, 2.24) is 9.97 Å². The van der Waals surface area contributed by atoms with Gasteiger partial charge in [-0.15, -0.1) is 0 Å². The highest BCUT2D eigenvalue weighted by atomic mass is 16.5. The lowest BCUT2D eigenvalue weighted by molar-refractivity contribution is 0.0998. The van der Waals surface area contributed by atoms with Crippen molar-refractivity contribution in [1.29, 1.82) is 0 Å². The first-order valence-electron chi connectivity index (χ1n) is 6.82. The van der Waals surface area contributed by atoms with Gasteiger partial charge in [0.05, 0.1) is 5.56 Å². The van der Waals surface area contributed by atoms with Gasteiger partial charge in [0.2, 0.25) is 5.88 Å². The summed E-state index contributed by atoms with van der Waals surface area (Å²) in [6.07, 6.45) is 0.688. The van der Waals surface area contributed by atoms with Crippen LogP contribution in [0, 0.1) is 0 Å². The smallest absolute Gasteiger partial charge is 0.252 e. The Bertz CT molecular complexity index is 643. The monoisotopic (exact) mass is 286 g/mol. The Kier molecular flexibility index (Phi) is 4.71. The van der Waals surface area contributed by atoms with E-state index in [1.807, 2.05) is 13.8 Å². The van der Waals surface area contributed by atoms with E-state index in [4.69, 9.17) is 10.5 Å². The van der Waals surface area contributed by atoms with Crippen LogP contribution in [0.4, 0.5) is 5.82 Å². The second-order valence-corrected chi connectivity index (χ2v) is 4.35. The summed E-state index contributed by atoms with van der Waals surface area (Å²) in [5, 5.41) is 3.12. The number of carbonyl (C=O) groups is 1. The third kappa shape index (κ3) is 3.68. The summed E-state index contributed by atoms with van der Waals surface area (Å²) in [6, 6.07) is 8.50. The number of aryl methyl sites for hydroxylation is 1. The van der Waals surface area contributed by atoms with E-state index >= 15 is 0 Å². The fourth-order valence-electron chi connectivity index (χ4n) is 1.83. The summed E-state index contributed by atoms with van der Waals surface area (Å²) in [6.45, 7) is 4.69. The zero-order chi connectivity index (χ0) is 15.2. The predicted molar refractivity (Wildman–Crippen MR) is 80.6 cm³/mol. The zero-order valence-corrected chi connectivity index (χ0v) is 12.1. The number of aromatic nitrogens is 2. The van der Waals surface area contributed by atoms with Gasteiger partial charge in [-0.1, -0.05) is 19.1 Å². The van der Waals surface area contributed by atoms with Gasteiger partial charge < -0.3 is 15.8 Å². The van der Waals surface area contributed by atoms with Crippen LogP contribution in [0.15, 0.2) is 30.3 Å². The molecule has 6 heteroatoms. The number of nitrogens with zero attached hydrogens (tertiary/aromatic N) is 2. The van der Waals surface area contributed by atoms with Crippen LogP contribution in [0.5, 0.6) is 11.6 Å². The minimum absolute atomic E-state index is 0.319. The Labute approximate surface area is 123 Å². The van der Waals surface area contributed by atoms with E-state index in [9.17, 15) is 4.79 Å². The summed E-state index contributed by atoms with van der Waals surface area (Å²) >= 11 is 0. The molecular formula is C15H18N4O2. The molecule has 0 saturated heterocycles. The predicted octanol–water partition coefficient (Wildman–Crippen LogP) is 2.36. The largest absolute Gasteiger partial charge is 0.438 e. The number of benzene rings is 1. The van der Waals surface area contributed by atoms with Gasteiger partial charge in [0, 0.05) is 19.0 Å². The molecule has 0 unspecified atom stereocenters. The van der Waals surface area contributed by atoms with Crippen LogP contribution in [0.3, 0.4) is 0 Å². The molecule has 0 spiro atoms. The van der Waals surface area contributed by atoms with E-state index in [0.717, 1.165) is 6.54 Å². The molecule has 0 aliphatic heterocycles. The van der Waals surface area contributed by atoms with Gasteiger partial charge in [0.25, 0.3) is 5.91 Å². The van der Waals surface area contributed by atoms with Gasteiger partial charge in [-0.2, -0.15) is 4.98 Å². The number of hydrogen-bond donors (Lipinski definition) is 2. The summed E-state index contributed by atoms with van der Waals surface area (Å²) in [5.41, 5.74) is 5.66. The van der Waals surface area contributed by atoms with Gasteiger partial charge in [0.1, 0.15) is 17.4 Å². The second-order valence-electron chi connectivity index (χ2n) is 4.35. The lowest BCUT2D eigenvalue weighted by atomic mass is 10.2. The molecule has 3 N–H and O–H groups in total. The van der Waals surface area contributed by atoms with E-state index < -0.39 is 5.91 Å². The lowest BCUT2D eigenvalue weighted by Crippen LogP contribution is -2.12. The standard InChI is InChI=1S/C15H18N4O2/c1-3-12-18-13(17-4-2)9-14(19-12)21-11-8-6-5-7-10(11)15(16)20/h5-9H,3-4H2,1-2H3,(H2,16,20)(H,17,18,19). The third-order valence-electron chi connectivity index (χ3n) is 2.79. The van der Waals surface area contributed by atoms with Crippen molar-refractivity contribution < 1.29 is 9.53 Å². The first-order valence-corrected chi connectivity index (χ1v) is 6.82. The van der Waals surface area contributed by atoms with Crippen molar-refractivity contribution in [2.45, 2.75) is 20.3 Å². The van der Waals surface area contributed by atoms with E-state index in [1.54, 1.807) is 30.3 Å². The van der Waals surface area contributed by atoms with Crippen LogP contribution in [-0.2, 0) is 6.42 Å². The first kappa shape index (κ1) is 14.8. The topological polar surface area (TPSA) is 90.1 Å². The molecule has 0 atom stereocenters. The van der Waals surface area contributed by atoms with Crippen molar-refractivity contribution in [3.8, 4) is 11.6 Å². The molecule has 1 heterocycles. The number of amides is 1. The second kappa shape index (κ2) is 6.69. The van der Waals surface area contributed by atoms with Crippen LogP contribution in [0.1, 0.15) is 30.0 Å². The Balaban J connectivity index is 2.35. The minimum atomic E-state index is -0.540. The van der Waals surface area contributed by atoms with Gasteiger partial charge >= 0.3 is 0 Å². The van der Waals surface area contributed by atoms with Crippen molar-refractivity contribution in [2.24, 2.45) is 5.73 Å². The normalized spacial score (nSPS) is 10.2. The molecule has 110 valence electrons. The number of nitrogens with two attached hydrogens (primary N) is 1. The van der Waals surface area contributed by atoms with Gasteiger partial charge in [-0.25, -0.2) is 4.98 Å². The van der Waals surface area contributed by atoms with Crippen LogP contribution >= 0.6 is 0 Å². The number of anilines is 1. The maximum atomic E-state index is 11.4. The van der Waals surface area contributed by atoms with Gasteiger partial charge in [-0.05, 0) is 19.1 Å². The molecule has 0 fully saturated rings. The third-order valence-corrected chi connectivity index (χ3v) is 2.79. The Morgan fingerprint density at radius 1 is 1.29 bits per heavy atom. The highest BCUT2D eigenvalue weighted by Gasteiger charge is 2.11. The number of carbonyl (C=O) groups excluding carboxylic acids is 1. The van der Waals surface area contributed by atoms with Crippen LogP contribution in [0.25, 0.3) is 0 Å². The summed E-state index contributed by atoms with van der Waals surface area (Å²) in [7, 11) is 0. The average molecular weight is 286 g/mol. The van der Waals surface area contributed by atoms with Gasteiger partial charge in [0.15, 0.2) is 0 Å². The fourth-order valence-corrected chi connectivity index (χ4v) is 1.83. The number of nitrogens with one attached hydrogen (secondary N) is 1. The molecule has 2 aromatic rings. The van der Waals surface area contributed by atoms with E-state index in [-0.39, 0.29) is 0 Å². The number of para-hydroxylation sites is 1. The number of primary amides is 1. The molecule has 0 bridgehead atoms. The highest BCUT2D eigenvalue weighted by molar-refractivity contribution is 5.95. The van der Waals surface area contributed by atoms with Gasteiger partial charge in [-0.3, -0.25) is 4.79 Å². The molecule has 2 rings (SSSR count). The number of ether oxygens (including phenoxy) is 1. The lowest BCUT2D eigenvalue weighted by Gasteiger charge is -2.11. The Morgan fingerprint density at radius 2 is 2.05 bits per heavy atom. The molecule has 0 aliphatic carbocycles. The van der Waals surface area contributed by atoms with Crippen LogP contribution < -0.4 is 15.8 Å². The molecular weight excluding hydrogens is 268 g/mol. The van der Waals surface area contributed by atoms with Crippen molar-refractivity contribution in [3.05, 3.63) is 41.7 Å². The Morgan fingerprint density at radius 3 is 2.71 bits per heavy atom. The Hall–Kier alpha value is -2.63. The molecule has 1 aromatic heterocycles. The number of hydrogen-bond acceptors (Lipinski definition) is 5. The maximum Gasteiger partial charge on any atom is 0.252 e. The molecule has 1 amide bonds. The first-order chi connectivity index (χ1) is 10.1. The minimum Gasteiger partial charge on any atom is -0.438 e. The number of rotatable bonds is 6. The molecule has 21 heavy (non-hydrogen) atoms. The van der Waals surface area contributed by atoms with Crippen molar-refractivity contribution in [3.63, 3.8) is 0 Å². The SMILES string of the molecule is CCNc1cc(Oc2ccccc2C(N)=O)nc(CC)n1. The molecule has 0 aliphatic rings. The highest BCUT2D eigenvalue weighted by Crippen LogP contribution is 2.25. The van der Waals surface area contributed by atoms with Crippen molar-refractivity contribution in [2.75, 3.05) is 11.9 Å². The fraction of sp³-hybridized carbons (Fsp3) is 0.267. The average Bonchev–Trinajstić information content (AvgIpc) is 2.47. The molecule has 0 radical (unpaired) electrons. The molecule has 6 nitrogen and oxygen atoms in total. The maximum absolute atomic E-state index is 11.4. The van der Waals surface area contributed by atoms with Crippen LogP contribution in [0.2, 0.25) is 0 Å². The summed E-state index contributed by atoms with van der Waals surface area (Å²) in [4.78, 5) is 20.1. The van der Waals surface area contributed by atoms with Crippen LogP contribution in [-0.4, -0.2) is 22.4 Å². The van der Waals surface area contributed by atoms with E-state index in [2.05, 4.69) is 15.3 Å². The molecule has 1 aromatic carbocycles. The zero-order valence-electron chi connectivity index (χ0n) is 12.1. The quantitative estimate of drug-likeness (QED) is 0.850. The summed E-state index contributed by atoms with van der Waals surface area (Å²) in [5.74, 6) is 1.58. The van der Waals surface area contributed by atoms with E-state index in [0.29, 0.717) is 35.3 Å². The summed E-state index contributed by atoms with van der Waals surface area (Å²) < 4.78 is 5.71. The van der Waals surface area contributed by atoms with E-state index in [1.165, 1.54) is 0 Å².